The summed E-state index contributed by atoms with van der Waals surface area (Å²) in [5.41, 5.74) is 5.12. The first-order valence-corrected chi connectivity index (χ1v) is 7.04. The summed E-state index contributed by atoms with van der Waals surface area (Å²) in [6.45, 7) is 6.51. The highest BCUT2D eigenvalue weighted by Gasteiger charge is 2.11. The highest BCUT2D eigenvalue weighted by atomic mass is 16.2. The van der Waals surface area contributed by atoms with Crippen molar-refractivity contribution in [3.05, 3.63) is 47.3 Å². The third-order valence-corrected chi connectivity index (χ3v) is 3.56. The second kappa shape index (κ2) is 6.27. The molecule has 4 heteroatoms. The van der Waals surface area contributed by atoms with Gasteiger partial charge in [-0.2, -0.15) is 10.4 Å². The summed E-state index contributed by atoms with van der Waals surface area (Å²) in [7, 11) is 0. The SMILES string of the molecule is CCc1ccc(-c2cc(C(C#N)=CO)[nH]n2)cc1C(C)C. The molecule has 2 aromatic rings. The number of hydrogen-bond acceptors (Lipinski definition) is 3. The van der Waals surface area contributed by atoms with Crippen LogP contribution in [0, 0.1) is 11.3 Å². The molecule has 0 atom stereocenters. The molecule has 0 unspecified atom stereocenters. The number of nitrogens with one attached hydrogen (secondary N) is 1. The Bertz CT molecular complexity index is 705. The Morgan fingerprint density at radius 3 is 2.76 bits per heavy atom. The van der Waals surface area contributed by atoms with Crippen molar-refractivity contribution in [1.82, 2.24) is 10.2 Å². The Labute approximate surface area is 124 Å². The van der Waals surface area contributed by atoms with E-state index in [0.717, 1.165) is 23.9 Å². The molecule has 4 nitrogen and oxygen atoms in total. The van der Waals surface area contributed by atoms with E-state index in [4.69, 9.17) is 10.4 Å². The average molecular weight is 281 g/mol. The number of hydrogen-bond donors (Lipinski definition) is 2. The van der Waals surface area contributed by atoms with E-state index in [1.807, 2.05) is 12.1 Å². The molecule has 0 fully saturated rings. The Balaban J connectivity index is 2.44. The summed E-state index contributed by atoms with van der Waals surface area (Å²) < 4.78 is 0. The predicted octanol–water partition coefficient (Wildman–Crippen LogP) is 4.18. The van der Waals surface area contributed by atoms with Gasteiger partial charge in [0.25, 0.3) is 0 Å². The van der Waals surface area contributed by atoms with Crippen molar-refractivity contribution in [1.29, 1.82) is 5.26 Å². The number of aliphatic hydroxyl groups is 1. The van der Waals surface area contributed by atoms with Crippen LogP contribution < -0.4 is 0 Å². The Kier molecular flexibility index (Phi) is 4.44. The molecule has 1 heterocycles. The number of aromatic amines is 1. The molecule has 2 rings (SSSR count). The minimum Gasteiger partial charge on any atom is -0.514 e. The predicted molar refractivity (Wildman–Crippen MR) is 83.7 cm³/mol. The maximum atomic E-state index is 9.01. The summed E-state index contributed by atoms with van der Waals surface area (Å²) in [5.74, 6) is 0.449. The molecule has 0 radical (unpaired) electrons. The van der Waals surface area contributed by atoms with E-state index in [9.17, 15) is 0 Å². The first-order valence-electron chi connectivity index (χ1n) is 7.04. The Morgan fingerprint density at radius 2 is 2.19 bits per heavy atom. The van der Waals surface area contributed by atoms with E-state index in [1.165, 1.54) is 11.1 Å². The molecule has 1 aromatic heterocycles. The van der Waals surface area contributed by atoms with Gasteiger partial charge in [0.15, 0.2) is 0 Å². The van der Waals surface area contributed by atoms with Crippen LogP contribution in [-0.4, -0.2) is 15.3 Å². The first kappa shape index (κ1) is 14.9. The van der Waals surface area contributed by atoms with E-state index < -0.39 is 0 Å². The molecule has 0 aliphatic carbocycles. The summed E-state index contributed by atoms with van der Waals surface area (Å²) >= 11 is 0. The van der Waals surface area contributed by atoms with Crippen molar-refractivity contribution < 1.29 is 5.11 Å². The van der Waals surface area contributed by atoms with E-state index >= 15 is 0 Å². The van der Waals surface area contributed by atoms with Crippen LogP contribution in [0.3, 0.4) is 0 Å². The van der Waals surface area contributed by atoms with Gasteiger partial charge < -0.3 is 5.11 Å². The Morgan fingerprint density at radius 1 is 1.43 bits per heavy atom. The minimum absolute atomic E-state index is 0.169. The fraction of sp³-hybridized carbons (Fsp3) is 0.294. The van der Waals surface area contributed by atoms with Gasteiger partial charge in [0.1, 0.15) is 11.6 Å². The highest BCUT2D eigenvalue weighted by molar-refractivity contribution is 5.76. The van der Waals surface area contributed by atoms with Gasteiger partial charge in [0.2, 0.25) is 0 Å². The second-order valence-corrected chi connectivity index (χ2v) is 5.24. The van der Waals surface area contributed by atoms with Crippen molar-refractivity contribution in [3.63, 3.8) is 0 Å². The van der Waals surface area contributed by atoms with E-state index in [0.29, 0.717) is 11.6 Å². The fourth-order valence-electron chi connectivity index (χ4n) is 2.38. The standard InChI is InChI=1S/C17H19N3O/c1-4-12-5-6-13(7-15(12)11(2)3)16-8-17(20-19-16)14(9-18)10-21/h5-8,10-11,21H,4H2,1-3H3,(H,19,20). The summed E-state index contributed by atoms with van der Waals surface area (Å²) in [4.78, 5) is 0. The lowest BCUT2D eigenvalue weighted by atomic mass is 9.93. The van der Waals surface area contributed by atoms with Crippen LogP contribution in [0.2, 0.25) is 0 Å². The second-order valence-electron chi connectivity index (χ2n) is 5.24. The summed E-state index contributed by atoms with van der Waals surface area (Å²) in [6.07, 6.45) is 1.79. The van der Waals surface area contributed by atoms with Crippen LogP contribution in [0.25, 0.3) is 16.8 Å². The number of aromatic nitrogens is 2. The molecule has 1 aromatic carbocycles. The zero-order chi connectivity index (χ0) is 15.4. The monoisotopic (exact) mass is 281 g/mol. The fourth-order valence-corrected chi connectivity index (χ4v) is 2.38. The smallest absolute Gasteiger partial charge is 0.111 e. The third kappa shape index (κ3) is 2.97. The number of H-pyrrole nitrogens is 1. The molecule has 2 N–H and O–H groups in total. The minimum atomic E-state index is 0.169. The molecule has 0 saturated heterocycles. The summed E-state index contributed by atoms with van der Waals surface area (Å²) in [6, 6.07) is 10.0. The molecular weight excluding hydrogens is 262 g/mol. The van der Waals surface area contributed by atoms with Crippen LogP contribution >= 0.6 is 0 Å². The lowest BCUT2D eigenvalue weighted by molar-refractivity contribution is 0.476. The van der Waals surface area contributed by atoms with Gasteiger partial charge in [-0.3, -0.25) is 5.10 Å². The van der Waals surface area contributed by atoms with Crippen LogP contribution in [0.4, 0.5) is 0 Å². The highest BCUT2D eigenvalue weighted by Crippen LogP contribution is 2.27. The topological polar surface area (TPSA) is 72.7 Å². The lowest BCUT2D eigenvalue weighted by Gasteiger charge is -2.12. The number of rotatable bonds is 4. The quantitative estimate of drug-likeness (QED) is 0.652. The van der Waals surface area contributed by atoms with Crippen molar-refractivity contribution in [2.45, 2.75) is 33.1 Å². The van der Waals surface area contributed by atoms with Crippen LogP contribution in [0.1, 0.15) is 43.5 Å². The lowest BCUT2D eigenvalue weighted by Crippen LogP contribution is -1.95. The van der Waals surface area contributed by atoms with Crippen LogP contribution in [0.5, 0.6) is 0 Å². The van der Waals surface area contributed by atoms with Crippen LogP contribution in [0.15, 0.2) is 30.5 Å². The molecule has 0 spiro atoms. The number of benzene rings is 1. The number of nitriles is 1. The zero-order valence-corrected chi connectivity index (χ0v) is 12.5. The Hall–Kier alpha value is -2.54. The number of allylic oxidation sites excluding steroid dienone is 1. The zero-order valence-electron chi connectivity index (χ0n) is 12.5. The van der Waals surface area contributed by atoms with Gasteiger partial charge in [-0.25, -0.2) is 0 Å². The van der Waals surface area contributed by atoms with E-state index in [1.54, 1.807) is 6.07 Å². The molecule has 0 amide bonds. The van der Waals surface area contributed by atoms with Gasteiger partial charge in [-0.05, 0) is 35.6 Å². The number of aryl methyl sites for hydroxylation is 1. The molecule has 0 bridgehead atoms. The van der Waals surface area contributed by atoms with Crippen molar-refractivity contribution >= 4 is 5.57 Å². The first-order chi connectivity index (χ1) is 10.1. The van der Waals surface area contributed by atoms with Gasteiger partial charge in [0.05, 0.1) is 17.6 Å². The number of aliphatic hydroxyl groups excluding tert-OH is 1. The van der Waals surface area contributed by atoms with Gasteiger partial charge in [-0.1, -0.05) is 32.9 Å². The average Bonchev–Trinajstić information content (AvgIpc) is 2.97. The molecule has 108 valence electrons. The van der Waals surface area contributed by atoms with Gasteiger partial charge in [0, 0.05) is 5.56 Å². The van der Waals surface area contributed by atoms with Crippen LogP contribution in [-0.2, 0) is 6.42 Å². The van der Waals surface area contributed by atoms with Gasteiger partial charge >= 0.3 is 0 Å². The van der Waals surface area contributed by atoms with Crippen molar-refractivity contribution in [2.24, 2.45) is 0 Å². The van der Waals surface area contributed by atoms with Crippen molar-refractivity contribution in [2.75, 3.05) is 0 Å². The van der Waals surface area contributed by atoms with Gasteiger partial charge in [-0.15, -0.1) is 0 Å². The molecule has 0 saturated carbocycles. The van der Waals surface area contributed by atoms with Crippen molar-refractivity contribution in [3.8, 4) is 17.3 Å². The normalized spacial score (nSPS) is 11.7. The molecule has 0 aliphatic rings. The summed E-state index contributed by atoms with van der Waals surface area (Å²) in [5, 5.41) is 24.9. The molecular formula is C17H19N3O. The largest absolute Gasteiger partial charge is 0.514 e. The molecule has 0 aliphatic heterocycles. The molecule has 21 heavy (non-hydrogen) atoms. The number of nitrogens with zero attached hydrogens (tertiary/aromatic N) is 2. The van der Waals surface area contributed by atoms with E-state index in [-0.39, 0.29) is 5.57 Å². The maximum absolute atomic E-state index is 9.01. The maximum Gasteiger partial charge on any atom is 0.111 e. The van der Waals surface area contributed by atoms with E-state index in [2.05, 4.69) is 43.1 Å². The third-order valence-electron chi connectivity index (χ3n) is 3.56.